The molecule has 2 atom stereocenters. The Morgan fingerprint density at radius 3 is 2.09 bits per heavy atom. The van der Waals surface area contributed by atoms with Crippen LogP contribution in [-0.2, 0) is 24.3 Å². The molecule has 3 aromatic rings. The number of rotatable bonds is 10. The molecule has 2 aliphatic heterocycles. The molecule has 3 amide bonds. The van der Waals surface area contributed by atoms with Gasteiger partial charge in [-0.1, -0.05) is 86.6 Å². The minimum Gasteiger partial charge on any atom is -0.857 e. The van der Waals surface area contributed by atoms with Crippen molar-refractivity contribution in [1.29, 1.82) is 0 Å². The number of fused-ring (bicyclic) bond motifs is 1. The summed E-state index contributed by atoms with van der Waals surface area (Å²) in [7, 11) is 7.06. The number of hydrogen-bond donors (Lipinski definition) is 1. The molecule has 5 rings (SSSR count). The van der Waals surface area contributed by atoms with Crippen LogP contribution in [0, 0.1) is 0 Å². The number of amides is 3. The van der Waals surface area contributed by atoms with E-state index in [4.69, 9.17) is 26.6 Å². The van der Waals surface area contributed by atoms with E-state index in [9.17, 15) is 9.59 Å². The Morgan fingerprint density at radius 2 is 1.55 bits per heavy atom. The molecule has 55 heavy (non-hydrogen) atoms. The maximum Gasteiger partial charge on any atom is 1.00 e. The molecule has 14 heteroatoms. The van der Waals surface area contributed by atoms with Crippen LogP contribution in [0.15, 0.2) is 111 Å². The average molecular weight is 795 g/mol. The fourth-order valence-corrected chi connectivity index (χ4v) is 6.31. The molecule has 3 aromatic carbocycles. The second-order valence-electron chi connectivity index (χ2n) is 11.5. The number of carbonyl (C=O) groups excluding carboxylic acids is 2. The number of hydrogen-bond acceptors (Lipinski definition) is 8. The predicted molar refractivity (Wildman–Crippen MR) is 213 cm³/mol. The Kier molecular flexibility index (Phi) is 29.1. The molecule has 0 saturated carbocycles. The maximum atomic E-state index is 14.0. The summed E-state index contributed by atoms with van der Waals surface area (Å²) in [6.07, 6.45) is 1.67. The molecule has 2 fully saturated rings. The Labute approximate surface area is 378 Å². The number of urea groups is 1. The van der Waals surface area contributed by atoms with Crippen LogP contribution in [0.2, 0.25) is 5.02 Å². The van der Waals surface area contributed by atoms with E-state index in [2.05, 4.69) is 42.6 Å². The van der Waals surface area contributed by atoms with E-state index in [1.807, 2.05) is 104 Å². The minimum absolute atomic E-state index is 0. The summed E-state index contributed by atoms with van der Waals surface area (Å²) in [5, 5.41) is 23.7. The molecule has 2 heterocycles. The summed E-state index contributed by atoms with van der Waals surface area (Å²) in [6.45, 7) is 20.1. The third-order valence-electron chi connectivity index (χ3n) is 8.31. The predicted octanol–water partition coefficient (Wildman–Crippen LogP) is -1.07. The van der Waals surface area contributed by atoms with Crippen LogP contribution in [0.1, 0.15) is 30.5 Å². The molecular weight excluding hydrogens is 738 g/mol. The molecule has 1 unspecified atom stereocenters. The summed E-state index contributed by atoms with van der Waals surface area (Å²) in [6, 6.07) is 22.9. The van der Waals surface area contributed by atoms with Crippen LogP contribution in [-0.4, -0.2) is 99.0 Å². The molecule has 0 aromatic heterocycles. The second-order valence-corrected chi connectivity index (χ2v) is 11.9. The molecule has 11 nitrogen and oxygen atoms in total. The molecule has 1 N–H and O–H groups in total. The standard InChI is InChI=1S/C35H41ClN6O3.C2H6.C2H4.2CH3O.2Na/c1-6-18-40-24-34(43)41-31(19-26-12-15-29(45-5)16-13-26)25(2)39(22-28-14-17-30(36)32(20-28)38(3)4)23-33(41)42(40)35(44)37-21-27-10-8-7-9-11-27;4*1-2;;/h6-17,20,31,33H,1-2,18-19,21-24H2,3-5H3,(H,37,44);1-2H3;1-2H2;2*1H3;;/q;;;2*-1;2*+1/t31-,33?;;;;;;/m0....../s1. The molecule has 0 bridgehead atoms. The van der Waals surface area contributed by atoms with Gasteiger partial charge in [-0.25, -0.2) is 14.8 Å². The van der Waals surface area contributed by atoms with Gasteiger partial charge in [0.15, 0.2) is 0 Å². The molecule has 0 radical (unpaired) electrons. The number of benzene rings is 3. The van der Waals surface area contributed by atoms with Crippen molar-refractivity contribution < 1.29 is 83.7 Å². The first-order valence-electron chi connectivity index (χ1n) is 17.3. The van der Waals surface area contributed by atoms with Gasteiger partial charge in [0.25, 0.3) is 0 Å². The van der Waals surface area contributed by atoms with Crippen molar-refractivity contribution in [2.24, 2.45) is 0 Å². The third-order valence-corrected chi connectivity index (χ3v) is 8.63. The summed E-state index contributed by atoms with van der Waals surface area (Å²) < 4.78 is 5.36. The Hall–Kier alpha value is -2.81. The summed E-state index contributed by atoms with van der Waals surface area (Å²) >= 11 is 6.49. The number of ether oxygens (including phenoxy) is 1. The Bertz CT molecular complexity index is 1570. The smallest absolute Gasteiger partial charge is 0.857 e. The molecule has 0 spiro atoms. The molecule has 2 saturated heterocycles. The first kappa shape index (κ1) is 54.3. The van der Waals surface area contributed by atoms with Crippen molar-refractivity contribution in [3.05, 3.63) is 133 Å². The normalized spacial score (nSPS) is 15.5. The zero-order valence-corrected chi connectivity index (χ0v) is 39.1. The maximum absolute atomic E-state index is 14.0. The SMILES string of the molecule is C=C.C=CCN1CC(=O)N2C(CN(Cc3ccc(Cl)c(N(C)C)c3)C(=C)[C@@H]2Cc2ccc(OC)cc2)N1C(=O)NCc1ccccc1.CC.C[O-].C[O-].[Na+].[Na+]. The Morgan fingerprint density at radius 1 is 0.964 bits per heavy atom. The number of piperazine rings is 1. The van der Waals surface area contributed by atoms with Crippen LogP contribution in [0.25, 0.3) is 0 Å². The van der Waals surface area contributed by atoms with Gasteiger partial charge in [0.1, 0.15) is 11.9 Å². The van der Waals surface area contributed by atoms with Crippen LogP contribution >= 0.6 is 11.6 Å². The Balaban J connectivity index is 0. The summed E-state index contributed by atoms with van der Waals surface area (Å²) in [5.41, 5.74) is 4.80. The van der Waals surface area contributed by atoms with E-state index >= 15 is 0 Å². The van der Waals surface area contributed by atoms with Gasteiger partial charge in [-0.2, -0.15) is 14.2 Å². The van der Waals surface area contributed by atoms with Crippen LogP contribution < -0.4 is 84.3 Å². The summed E-state index contributed by atoms with van der Waals surface area (Å²) in [5.74, 6) is 0.699. The second kappa shape index (κ2) is 29.4. The molecule has 2 aliphatic rings. The average Bonchev–Trinajstić information content (AvgIpc) is 3.20. The van der Waals surface area contributed by atoms with Crippen molar-refractivity contribution in [2.45, 2.75) is 45.6 Å². The van der Waals surface area contributed by atoms with Crippen molar-refractivity contribution in [3.63, 3.8) is 0 Å². The molecule has 0 aliphatic carbocycles. The summed E-state index contributed by atoms with van der Waals surface area (Å²) in [4.78, 5) is 33.9. The number of nitrogens with one attached hydrogen (secondary N) is 1. The van der Waals surface area contributed by atoms with Gasteiger partial charge in [-0.15, -0.1) is 19.7 Å². The van der Waals surface area contributed by atoms with E-state index in [0.717, 1.165) is 48.0 Å². The number of anilines is 1. The van der Waals surface area contributed by atoms with Crippen LogP contribution in [0.3, 0.4) is 0 Å². The first-order valence-corrected chi connectivity index (χ1v) is 17.7. The first-order chi connectivity index (χ1) is 25.7. The fraction of sp³-hybridized carbons (Fsp3) is 0.366. The largest absolute Gasteiger partial charge is 1.00 e. The van der Waals surface area contributed by atoms with E-state index in [0.29, 0.717) is 37.6 Å². The number of carbonyl (C=O) groups is 2. The topological polar surface area (TPSA) is 118 Å². The zero-order chi connectivity index (χ0) is 40.1. The molecular formula is C41H57ClN6Na2O5. The third kappa shape index (κ3) is 15.2. The number of nitrogens with zero attached hydrogens (tertiary/aromatic N) is 5. The quantitative estimate of drug-likeness (QED) is 0.204. The van der Waals surface area contributed by atoms with E-state index in [1.165, 1.54) is 0 Å². The van der Waals surface area contributed by atoms with Gasteiger partial charge in [0, 0.05) is 39.4 Å². The van der Waals surface area contributed by atoms with E-state index in [1.54, 1.807) is 23.2 Å². The van der Waals surface area contributed by atoms with Crippen LogP contribution in [0.5, 0.6) is 5.75 Å². The van der Waals surface area contributed by atoms with Gasteiger partial charge in [-0.3, -0.25) is 4.79 Å². The van der Waals surface area contributed by atoms with Crippen molar-refractivity contribution in [2.75, 3.05) is 60.0 Å². The van der Waals surface area contributed by atoms with Gasteiger partial charge >= 0.3 is 65.1 Å². The number of halogens is 1. The van der Waals surface area contributed by atoms with Gasteiger partial charge < -0.3 is 35.0 Å². The monoisotopic (exact) mass is 794 g/mol. The van der Waals surface area contributed by atoms with E-state index < -0.39 is 6.17 Å². The van der Waals surface area contributed by atoms with Gasteiger partial charge in [0.2, 0.25) is 5.91 Å². The van der Waals surface area contributed by atoms with Crippen LogP contribution in [0.4, 0.5) is 10.5 Å². The minimum atomic E-state index is -0.573. The molecule has 290 valence electrons. The number of hydrazine groups is 1. The van der Waals surface area contributed by atoms with Crippen molar-refractivity contribution >= 4 is 29.2 Å². The number of methoxy groups -OCH3 is 1. The van der Waals surface area contributed by atoms with E-state index in [-0.39, 0.29) is 83.6 Å². The van der Waals surface area contributed by atoms with Crippen molar-refractivity contribution in [3.8, 4) is 5.75 Å². The van der Waals surface area contributed by atoms with Gasteiger partial charge in [0.05, 0.1) is 37.0 Å². The van der Waals surface area contributed by atoms with Crippen molar-refractivity contribution in [1.82, 2.24) is 25.1 Å². The fourth-order valence-electron chi connectivity index (χ4n) is 6.03. The van der Waals surface area contributed by atoms with Gasteiger partial charge in [-0.05, 0) is 47.4 Å². The zero-order valence-electron chi connectivity index (χ0n) is 34.4.